The van der Waals surface area contributed by atoms with Gasteiger partial charge in [0.2, 0.25) is 11.7 Å². The van der Waals surface area contributed by atoms with Gasteiger partial charge in [-0.15, -0.1) is 0 Å². The average molecular weight is 346 g/mol. The first kappa shape index (κ1) is 18.9. The summed E-state index contributed by atoms with van der Waals surface area (Å²) in [5.74, 6) is 1.10. The molecule has 1 aromatic carbocycles. The van der Waals surface area contributed by atoms with Crippen molar-refractivity contribution in [2.24, 2.45) is 5.92 Å². The Morgan fingerprint density at radius 1 is 1.20 bits per heavy atom. The van der Waals surface area contributed by atoms with Crippen molar-refractivity contribution in [2.75, 3.05) is 13.1 Å². The monoisotopic (exact) mass is 346 g/mol. The molecule has 0 aliphatic heterocycles. The van der Waals surface area contributed by atoms with E-state index in [9.17, 15) is 9.90 Å². The van der Waals surface area contributed by atoms with Crippen molar-refractivity contribution in [3.63, 3.8) is 0 Å². The molecule has 3 N–H and O–H groups in total. The van der Waals surface area contributed by atoms with E-state index < -0.39 is 6.10 Å². The van der Waals surface area contributed by atoms with Crippen LogP contribution >= 0.6 is 0 Å². The number of nitrogens with zero attached hydrogens (tertiary/aromatic N) is 2. The minimum atomic E-state index is -0.408. The summed E-state index contributed by atoms with van der Waals surface area (Å²) in [6, 6.07) is 9.31. The van der Waals surface area contributed by atoms with Gasteiger partial charge in [-0.25, -0.2) is 4.79 Å². The molecule has 136 valence electrons. The SMILES string of the molecule is CC(CNC(=O)NCCC(O)C(C)C)c1nc(-c2ccccc2)no1. The topological polar surface area (TPSA) is 100 Å². The summed E-state index contributed by atoms with van der Waals surface area (Å²) in [6.45, 7) is 6.61. The minimum Gasteiger partial charge on any atom is -0.393 e. The van der Waals surface area contributed by atoms with Crippen LogP contribution in [0.3, 0.4) is 0 Å². The van der Waals surface area contributed by atoms with Gasteiger partial charge < -0.3 is 20.3 Å². The van der Waals surface area contributed by atoms with E-state index in [1.807, 2.05) is 51.1 Å². The molecular formula is C18H26N4O3. The van der Waals surface area contributed by atoms with Gasteiger partial charge in [0.05, 0.1) is 12.0 Å². The third-order valence-electron chi connectivity index (χ3n) is 3.96. The first-order valence-corrected chi connectivity index (χ1v) is 8.56. The maximum Gasteiger partial charge on any atom is 0.314 e. The number of aromatic nitrogens is 2. The van der Waals surface area contributed by atoms with Crippen LogP contribution in [0.25, 0.3) is 11.4 Å². The summed E-state index contributed by atoms with van der Waals surface area (Å²) in [5.41, 5.74) is 0.888. The van der Waals surface area contributed by atoms with Gasteiger partial charge in [0.1, 0.15) is 0 Å². The molecule has 0 bridgehead atoms. The van der Waals surface area contributed by atoms with Gasteiger partial charge >= 0.3 is 6.03 Å². The van der Waals surface area contributed by atoms with Crippen LogP contribution in [0.4, 0.5) is 4.79 Å². The number of carbonyl (C=O) groups excluding carboxylic acids is 1. The van der Waals surface area contributed by atoms with E-state index in [-0.39, 0.29) is 17.9 Å². The van der Waals surface area contributed by atoms with Crippen molar-refractivity contribution in [1.82, 2.24) is 20.8 Å². The Hall–Kier alpha value is -2.41. The first-order chi connectivity index (χ1) is 12.0. The third kappa shape index (κ3) is 5.86. The standard InChI is InChI=1S/C18H26N4O3/c1-12(2)15(23)9-10-19-18(24)20-11-13(3)17-21-16(22-25-17)14-7-5-4-6-8-14/h4-8,12-13,15,23H,9-11H2,1-3H3,(H2,19,20,24). The van der Waals surface area contributed by atoms with Crippen molar-refractivity contribution in [2.45, 2.75) is 39.2 Å². The molecule has 0 saturated heterocycles. The first-order valence-electron chi connectivity index (χ1n) is 8.56. The molecule has 1 heterocycles. The van der Waals surface area contributed by atoms with Crippen LogP contribution < -0.4 is 10.6 Å². The van der Waals surface area contributed by atoms with Crippen LogP contribution in [0.15, 0.2) is 34.9 Å². The van der Waals surface area contributed by atoms with Crippen molar-refractivity contribution >= 4 is 6.03 Å². The smallest absolute Gasteiger partial charge is 0.314 e. The Bertz CT molecular complexity index is 657. The number of aliphatic hydroxyl groups is 1. The Morgan fingerprint density at radius 3 is 2.60 bits per heavy atom. The molecule has 0 spiro atoms. The molecule has 0 aliphatic rings. The summed E-state index contributed by atoms with van der Waals surface area (Å²) in [7, 11) is 0. The van der Waals surface area contributed by atoms with E-state index >= 15 is 0 Å². The number of benzene rings is 1. The number of amides is 2. The van der Waals surface area contributed by atoms with Gasteiger partial charge in [-0.3, -0.25) is 0 Å². The maximum atomic E-state index is 11.8. The van der Waals surface area contributed by atoms with E-state index in [2.05, 4.69) is 20.8 Å². The molecule has 2 amide bonds. The molecule has 2 rings (SSSR count). The van der Waals surface area contributed by atoms with E-state index in [0.717, 1.165) is 5.56 Å². The minimum absolute atomic E-state index is 0.100. The average Bonchev–Trinajstić information content (AvgIpc) is 3.10. The van der Waals surface area contributed by atoms with Gasteiger partial charge in [-0.1, -0.05) is 56.3 Å². The number of nitrogens with one attached hydrogen (secondary N) is 2. The molecule has 0 aliphatic carbocycles. The molecule has 2 aromatic rings. The summed E-state index contributed by atoms with van der Waals surface area (Å²) >= 11 is 0. The zero-order valence-corrected chi connectivity index (χ0v) is 14.9. The number of aliphatic hydroxyl groups excluding tert-OH is 1. The van der Waals surface area contributed by atoms with Crippen LogP contribution in [0.2, 0.25) is 0 Å². The highest BCUT2D eigenvalue weighted by Gasteiger charge is 2.16. The number of carbonyl (C=O) groups is 1. The zero-order valence-electron chi connectivity index (χ0n) is 14.9. The number of hydrogen-bond donors (Lipinski definition) is 3. The molecule has 2 unspecified atom stereocenters. The second-order valence-electron chi connectivity index (χ2n) is 6.46. The molecule has 7 heteroatoms. The van der Waals surface area contributed by atoms with Crippen LogP contribution in [0.1, 0.15) is 39.0 Å². The highest BCUT2D eigenvalue weighted by molar-refractivity contribution is 5.73. The van der Waals surface area contributed by atoms with Gasteiger partial charge in [-0.05, 0) is 12.3 Å². The fourth-order valence-electron chi connectivity index (χ4n) is 2.20. The van der Waals surface area contributed by atoms with E-state index in [1.165, 1.54) is 0 Å². The van der Waals surface area contributed by atoms with Crippen LogP contribution in [-0.2, 0) is 0 Å². The van der Waals surface area contributed by atoms with Gasteiger partial charge in [0.15, 0.2) is 0 Å². The summed E-state index contributed by atoms with van der Waals surface area (Å²) in [4.78, 5) is 16.2. The molecule has 2 atom stereocenters. The summed E-state index contributed by atoms with van der Waals surface area (Å²) < 4.78 is 5.29. The molecule has 25 heavy (non-hydrogen) atoms. The number of urea groups is 1. The summed E-state index contributed by atoms with van der Waals surface area (Å²) in [5, 5.41) is 19.2. The van der Waals surface area contributed by atoms with Crippen LogP contribution in [-0.4, -0.2) is 40.5 Å². The Kier molecular flexibility index (Phi) is 6.94. The Balaban J connectivity index is 1.76. The normalized spacial score (nSPS) is 13.5. The highest BCUT2D eigenvalue weighted by atomic mass is 16.5. The largest absolute Gasteiger partial charge is 0.393 e. The molecular weight excluding hydrogens is 320 g/mol. The highest BCUT2D eigenvalue weighted by Crippen LogP contribution is 2.18. The van der Waals surface area contributed by atoms with Crippen LogP contribution in [0.5, 0.6) is 0 Å². The predicted molar refractivity (Wildman–Crippen MR) is 95.0 cm³/mol. The Morgan fingerprint density at radius 2 is 1.92 bits per heavy atom. The lowest BCUT2D eigenvalue weighted by Crippen LogP contribution is -2.39. The summed E-state index contributed by atoms with van der Waals surface area (Å²) in [6.07, 6.45) is 0.124. The van der Waals surface area contributed by atoms with Crippen molar-refractivity contribution in [3.8, 4) is 11.4 Å². The fraction of sp³-hybridized carbons (Fsp3) is 0.500. The maximum absolute atomic E-state index is 11.8. The van der Waals surface area contributed by atoms with E-state index in [4.69, 9.17) is 4.52 Å². The second kappa shape index (κ2) is 9.17. The number of hydrogen-bond acceptors (Lipinski definition) is 5. The van der Waals surface area contributed by atoms with Gasteiger partial charge in [0, 0.05) is 18.7 Å². The molecule has 0 saturated carbocycles. The lowest BCUT2D eigenvalue weighted by Gasteiger charge is -2.15. The van der Waals surface area contributed by atoms with Gasteiger partial charge in [0.25, 0.3) is 0 Å². The molecule has 0 fully saturated rings. The van der Waals surface area contributed by atoms with Gasteiger partial charge in [-0.2, -0.15) is 4.98 Å². The Labute approximate surface area is 147 Å². The second-order valence-corrected chi connectivity index (χ2v) is 6.46. The quantitative estimate of drug-likeness (QED) is 0.682. The molecule has 0 radical (unpaired) electrons. The zero-order chi connectivity index (χ0) is 18.2. The van der Waals surface area contributed by atoms with E-state index in [1.54, 1.807) is 0 Å². The van der Waals surface area contributed by atoms with E-state index in [0.29, 0.717) is 31.2 Å². The lowest BCUT2D eigenvalue weighted by molar-refractivity contribution is 0.116. The molecule has 1 aromatic heterocycles. The predicted octanol–water partition coefficient (Wildman–Crippen LogP) is 2.55. The van der Waals surface area contributed by atoms with Crippen molar-refractivity contribution in [1.29, 1.82) is 0 Å². The third-order valence-corrected chi connectivity index (χ3v) is 3.96. The van der Waals surface area contributed by atoms with Crippen molar-refractivity contribution < 1.29 is 14.4 Å². The fourth-order valence-corrected chi connectivity index (χ4v) is 2.20. The number of rotatable bonds is 8. The lowest BCUT2D eigenvalue weighted by atomic mass is 10.0. The van der Waals surface area contributed by atoms with Crippen LogP contribution in [0, 0.1) is 5.92 Å². The van der Waals surface area contributed by atoms with Crippen molar-refractivity contribution in [3.05, 3.63) is 36.2 Å². The molecule has 7 nitrogen and oxygen atoms in total.